The van der Waals surface area contributed by atoms with Crippen LogP contribution in [0.25, 0.3) is 0 Å². The number of ether oxygens (including phenoxy) is 1. The molecule has 0 saturated carbocycles. The van der Waals surface area contributed by atoms with Gasteiger partial charge in [-0.25, -0.2) is 0 Å². The van der Waals surface area contributed by atoms with Crippen molar-refractivity contribution in [1.82, 2.24) is 5.32 Å². The number of carbonyl (C=O) groups excluding carboxylic acids is 1. The molecule has 8 heteroatoms. The van der Waals surface area contributed by atoms with Crippen LogP contribution >= 0.6 is 0 Å². The van der Waals surface area contributed by atoms with Gasteiger partial charge in [-0.2, -0.15) is 0 Å². The van der Waals surface area contributed by atoms with E-state index in [2.05, 4.69) is 10.1 Å². The number of aliphatic hydroxyl groups excluding tert-OH is 1. The fourth-order valence-electron chi connectivity index (χ4n) is 1.50. The fraction of sp³-hybridized carbons (Fsp3) is 0.462. The van der Waals surface area contributed by atoms with E-state index in [4.69, 9.17) is 10.8 Å². The third kappa shape index (κ3) is 5.14. The van der Waals surface area contributed by atoms with Crippen molar-refractivity contribution in [3.8, 4) is 5.75 Å². The van der Waals surface area contributed by atoms with Gasteiger partial charge in [0.25, 0.3) is 5.91 Å². The molecule has 1 aromatic carbocycles. The maximum atomic E-state index is 12.1. The van der Waals surface area contributed by atoms with Gasteiger partial charge in [-0.15, -0.1) is 13.2 Å². The Morgan fingerprint density at radius 3 is 2.52 bits per heavy atom. The third-order valence-corrected chi connectivity index (χ3v) is 3.00. The predicted molar refractivity (Wildman–Crippen MR) is 70.7 cm³/mol. The van der Waals surface area contributed by atoms with E-state index in [-0.39, 0.29) is 29.8 Å². The third-order valence-electron chi connectivity index (χ3n) is 3.00. The molecule has 4 N–H and O–H groups in total. The molecule has 118 valence electrons. The molecule has 5 nitrogen and oxygen atoms in total. The number of nitrogens with one attached hydrogen (secondary N) is 1. The Balaban J connectivity index is 2.81. The summed E-state index contributed by atoms with van der Waals surface area (Å²) in [5.74, 6) is -1.21. The molecule has 0 saturated heterocycles. The number of nitrogens with two attached hydrogens (primary N) is 1. The fourth-order valence-corrected chi connectivity index (χ4v) is 1.50. The van der Waals surface area contributed by atoms with Crippen molar-refractivity contribution in [2.75, 3.05) is 12.3 Å². The van der Waals surface area contributed by atoms with Crippen LogP contribution in [0.2, 0.25) is 0 Å². The van der Waals surface area contributed by atoms with Crippen LogP contribution in [0.3, 0.4) is 0 Å². The van der Waals surface area contributed by atoms with Crippen molar-refractivity contribution < 1.29 is 27.8 Å². The summed E-state index contributed by atoms with van der Waals surface area (Å²) in [6.45, 7) is 3.37. The number of rotatable bonds is 5. The predicted octanol–water partition coefficient (Wildman–Crippen LogP) is 1.91. The number of carbonyl (C=O) groups is 1. The summed E-state index contributed by atoms with van der Waals surface area (Å²) < 4.78 is 40.0. The van der Waals surface area contributed by atoms with Crippen LogP contribution in [0.1, 0.15) is 24.2 Å². The SMILES string of the molecule is CC(CO)C(C)NC(=O)c1ccc(OC(F)(F)F)c(N)c1. The summed E-state index contributed by atoms with van der Waals surface area (Å²) in [7, 11) is 0. The molecular formula is C13H17F3N2O3. The lowest BCUT2D eigenvalue weighted by molar-refractivity contribution is -0.274. The Hall–Kier alpha value is -1.96. The number of hydrogen-bond donors (Lipinski definition) is 3. The van der Waals surface area contributed by atoms with Gasteiger partial charge in [-0.3, -0.25) is 4.79 Å². The molecule has 1 aromatic rings. The van der Waals surface area contributed by atoms with Crippen LogP contribution in [-0.2, 0) is 0 Å². The molecule has 21 heavy (non-hydrogen) atoms. The summed E-state index contributed by atoms with van der Waals surface area (Å²) in [4.78, 5) is 11.9. The second-order valence-electron chi connectivity index (χ2n) is 4.72. The molecule has 0 aromatic heterocycles. The van der Waals surface area contributed by atoms with Gasteiger partial charge in [0.1, 0.15) is 0 Å². The molecular weight excluding hydrogens is 289 g/mol. The summed E-state index contributed by atoms with van der Waals surface area (Å²) in [6, 6.07) is 2.98. The van der Waals surface area contributed by atoms with E-state index in [0.717, 1.165) is 12.1 Å². The number of anilines is 1. The first-order valence-corrected chi connectivity index (χ1v) is 6.21. The largest absolute Gasteiger partial charge is 0.573 e. The quantitative estimate of drug-likeness (QED) is 0.726. The van der Waals surface area contributed by atoms with Crippen molar-refractivity contribution in [2.45, 2.75) is 26.3 Å². The van der Waals surface area contributed by atoms with Crippen LogP contribution < -0.4 is 15.8 Å². The number of hydrogen-bond acceptors (Lipinski definition) is 4. The van der Waals surface area contributed by atoms with Crippen molar-refractivity contribution in [3.05, 3.63) is 23.8 Å². The average molecular weight is 306 g/mol. The smallest absolute Gasteiger partial charge is 0.404 e. The normalized spacial score (nSPS) is 14.4. The van der Waals surface area contributed by atoms with Crippen LogP contribution in [0, 0.1) is 5.92 Å². The summed E-state index contributed by atoms with van der Waals surface area (Å²) >= 11 is 0. The number of aliphatic hydroxyl groups is 1. The van der Waals surface area contributed by atoms with Gasteiger partial charge in [0.2, 0.25) is 0 Å². The van der Waals surface area contributed by atoms with Crippen LogP contribution in [0.15, 0.2) is 18.2 Å². The second kappa shape index (κ2) is 6.66. The molecule has 0 spiro atoms. The summed E-state index contributed by atoms with van der Waals surface area (Å²) in [5.41, 5.74) is 5.26. The minimum Gasteiger partial charge on any atom is -0.404 e. The lowest BCUT2D eigenvalue weighted by Crippen LogP contribution is -2.38. The number of amides is 1. The molecule has 1 amide bonds. The van der Waals surface area contributed by atoms with E-state index in [1.807, 2.05) is 0 Å². The van der Waals surface area contributed by atoms with Gasteiger partial charge in [-0.05, 0) is 31.0 Å². The molecule has 2 atom stereocenters. The molecule has 0 heterocycles. The van der Waals surface area contributed by atoms with E-state index in [1.165, 1.54) is 6.07 Å². The van der Waals surface area contributed by atoms with E-state index in [9.17, 15) is 18.0 Å². The number of alkyl halides is 3. The maximum Gasteiger partial charge on any atom is 0.573 e. The van der Waals surface area contributed by atoms with Crippen LogP contribution in [-0.4, -0.2) is 30.0 Å². The van der Waals surface area contributed by atoms with Gasteiger partial charge in [0.05, 0.1) is 5.69 Å². The Bertz CT molecular complexity index is 506. The first-order chi connectivity index (χ1) is 9.64. The van der Waals surface area contributed by atoms with Crippen molar-refractivity contribution in [3.63, 3.8) is 0 Å². The highest BCUT2D eigenvalue weighted by molar-refractivity contribution is 5.95. The van der Waals surface area contributed by atoms with Crippen LogP contribution in [0.5, 0.6) is 5.75 Å². The van der Waals surface area contributed by atoms with E-state index >= 15 is 0 Å². The van der Waals surface area contributed by atoms with Gasteiger partial charge in [0, 0.05) is 18.2 Å². The van der Waals surface area contributed by atoms with Gasteiger partial charge < -0.3 is 20.9 Å². The van der Waals surface area contributed by atoms with Crippen LogP contribution in [0.4, 0.5) is 18.9 Å². The first kappa shape index (κ1) is 17.1. The molecule has 0 fully saturated rings. The molecule has 0 aliphatic rings. The van der Waals surface area contributed by atoms with Gasteiger partial charge in [0.15, 0.2) is 5.75 Å². The highest BCUT2D eigenvalue weighted by Crippen LogP contribution is 2.28. The Labute approximate surface area is 119 Å². The molecule has 2 unspecified atom stereocenters. The van der Waals surface area contributed by atoms with E-state index in [0.29, 0.717) is 0 Å². The minimum atomic E-state index is -4.84. The second-order valence-corrected chi connectivity index (χ2v) is 4.72. The molecule has 0 bridgehead atoms. The Morgan fingerprint density at radius 2 is 2.05 bits per heavy atom. The minimum absolute atomic E-state index is 0.0953. The number of nitrogen functional groups attached to an aromatic ring is 1. The zero-order chi connectivity index (χ0) is 16.2. The maximum absolute atomic E-state index is 12.1. The van der Waals surface area contributed by atoms with Crippen molar-refractivity contribution in [1.29, 1.82) is 0 Å². The van der Waals surface area contributed by atoms with Crippen molar-refractivity contribution >= 4 is 11.6 Å². The Morgan fingerprint density at radius 1 is 1.43 bits per heavy atom. The number of benzene rings is 1. The van der Waals surface area contributed by atoms with Gasteiger partial charge in [-0.1, -0.05) is 6.92 Å². The lowest BCUT2D eigenvalue weighted by Gasteiger charge is -2.19. The molecule has 0 radical (unpaired) electrons. The summed E-state index contributed by atoms with van der Waals surface area (Å²) in [5, 5.41) is 11.6. The topological polar surface area (TPSA) is 84.6 Å². The zero-order valence-electron chi connectivity index (χ0n) is 11.6. The number of halogens is 3. The monoisotopic (exact) mass is 306 g/mol. The van der Waals surface area contributed by atoms with E-state index in [1.54, 1.807) is 13.8 Å². The van der Waals surface area contributed by atoms with Gasteiger partial charge >= 0.3 is 6.36 Å². The van der Waals surface area contributed by atoms with Crippen molar-refractivity contribution in [2.24, 2.45) is 5.92 Å². The highest BCUT2D eigenvalue weighted by Gasteiger charge is 2.32. The zero-order valence-corrected chi connectivity index (χ0v) is 11.6. The van der Waals surface area contributed by atoms with E-state index < -0.39 is 18.0 Å². The molecule has 0 aliphatic heterocycles. The lowest BCUT2D eigenvalue weighted by atomic mass is 10.0. The first-order valence-electron chi connectivity index (χ1n) is 6.21. The highest BCUT2D eigenvalue weighted by atomic mass is 19.4. The average Bonchev–Trinajstić information content (AvgIpc) is 2.38. The Kier molecular flexibility index (Phi) is 5.42. The molecule has 1 rings (SSSR count). The standard InChI is InChI=1S/C13H17F3N2O3/c1-7(6-19)8(2)18-12(20)9-3-4-11(10(17)5-9)21-13(14,15)16/h3-5,7-8,19H,6,17H2,1-2H3,(H,18,20). The molecule has 0 aliphatic carbocycles. The summed E-state index contributed by atoms with van der Waals surface area (Å²) in [6.07, 6.45) is -4.84.